The third kappa shape index (κ3) is 3.56. The number of aryl methyl sites for hydroxylation is 1. The normalized spacial score (nSPS) is 11.0. The summed E-state index contributed by atoms with van der Waals surface area (Å²) in [4.78, 5) is 28.2. The molecule has 9 nitrogen and oxygen atoms in total. The van der Waals surface area contributed by atoms with Crippen molar-refractivity contribution in [2.24, 2.45) is 7.05 Å². The van der Waals surface area contributed by atoms with Crippen LogP contribution >= 0.6 is 23.1 Å². The fourth-order valence-electron chi connectivity index (χ4n) is 1.88. The van der Waals surface area contributed by atoms with E-state index < -0.39 is 0 Å². The van der Waals surface area contributed by atoms with Crippen LogP contribution in [0.4, 0.5) is 0 Å². The number of nitrogens with one attached hydrogen (secondary N) is 1. The Morgan fingerprint density at radius 3 is 3.13 bits per heavy atom. The van der Waals surface area contributed by atoms with Crippen molar-refractivity contribution < 1.29 is 4.79 Å². The highest BCUT2D eigenvalue weighted by molar-refractivity contribution is 7.99. The fraction of sp³-hybridized carbons (Fsp3) is 0.333. The van der Waals surface area contributed by atoms with Gasteiger partial charge in [-0.3, -0.25) is 14.2 Å². The Morgan fingerprint density at radius 2 is 2.35 bits per heavy atom. The van der Waals surface area contributed by atoms with Gasteiger partial charge in [0.05, 0.1) is 17.6 Å². The molecule has 0 aliphatic rings. The molecule has 3 aromatic heterocycles. The number of thioether (sulfide) groups is 1. The van der Waals surface area contributed by atoms with Gasteiger partial charge < -0.3 is 5.32 Å². The molecule has 0 saturated carbocycles. The van der Waals surface area contributed by atoms with Crippen molar-refractivity contribution in [3.63, 3.8) is 0 Å². The molecule has 3 rings (SSSR count). The number of aromatic nitrogens is 6. The summed E-state index contributed by atoms with van der Waals surface area (Å²) < 4.78 is 3.63. The van der Waals surface area contributed by atoms with E-state index in [1.807, 2.05) is 11.4 Å². The quantitative estimate of drug-likeness (QED) is 0.617. The van der Waals surface area contributed by atoms with Crippen LogP contribution in [0.5, 0.6) is 0 Å². The number of amides is 1. The molecule has 0 aliphatic heterocycles. The lowest BCUT2D eigenvalue weighted by Gasteiger charge is -2.07. The third-order valence-electron chi connectivity index (χ3n) is 3.02. The van der Waals surface area contributed by atoms with Crippen molar-refractivity contribution in [1.82, 2.24) is 35.1 Å². The zero-order valence-electron chi connectivity index (χ0n) is 12.2. The van der Waals surface area contributed by atoms with Gasteiger partial charge in [0, 0.05) is 20.1 Å². The number of nitrogens with zero attached hydrogens (tertiary/aromatic N) is 6. The van der Waals surface area contributed by atoms with Crippen LogP contribution in [-0.4, -0.2) is 48.0 Å². The maximum atomic E-state index is 12.2. The van der Waals surface area contributed by atoms with E-state index in [1.54, 1.807) is 7.05 Å². The molecule has 0 bridgehead atoms. The number of carbonyl (C=O) groups excluding carboxylic acids is 1. The maximum absolute atomic E-state index is 12.2. The summed E-state index contributed by atoms with van der Waals surface area (Å²) in [5.41, 5.74) is 0.618. The Hall–Kier alpha value is -2.27. The molecule has 0 aliphatic carbocycles. The second kappa shape index (κ2) is 6.87. The van der Waals surface area contributed by atoms with E-state index in [0.29, 0.717) is 28.5 Å². The highest BCUT2D eigenvalue weighted by Gasteiger charge is 2.08. The lowest BCUT2D eigenvalue weighted by atomic mass is 10.4. The first-order valence-electron chi connectivity index (χ1n) is 6.69. The predicted molar refractivity (Wildman–Crippen MR) is 86.4 cm³/mol. The second-order valence-electron chi connectivity index (χ2n) is 4.60. The highest BCUT2D eigenvalue weighted by Crippen LogP contribution is 2.13. The molecule has 3 aromatic rings. The van der Waals surface area contributed by atoms with E-state index >= 15 is 0 Å². The number of thiophene rings is 1. The number of hydrogen-bond acceptors (Lipinski definition) is 8. The van der Waals surface area contributed by atoms with Gasteiger partial charge in [-0.1, -0.05) is 11.8 Å². The van der Waals surface area contributed by atoms with Crippen LogP contribution in [0.2, 0.25) is 0 Å². The van der Waals surface area contributed by atoms with Gasteiger partial charge in [0.15, 0.2) is 0 Å². The largest absolute Gasteiger partial charge is 0.354 e. The molecule has 120 valence electrons. The Morgan fingerprint density at radius 1 is 1.48 bits per heavy atom. The first-order chi connectivity index (χ1) is 11.1. The lowest BCUT2D eigenvalue weighted by Crippen LogP contribution is -2.31. The Bertz CT molecular complexity index is 885. The minimum absolute atomic E-state index is 0.0845. The Labute approximate surface area is 138 Å². The molecule has 23 heavy (non-hydrogen) atoms. The van der Waals surface area contributed by atoms with E-state index in [-0.39, 0.29) is 17.2 Å². The summed E-state index contributed by atoms with van der Waals surface area (Å²) >= 11 is 2.62. The van der Waals surface area contributed by atoms with Crippen LogP contribution in [0.3, 0.4) is 0 Å². The van der Waals surface area contributed by atoms with Gasteiger partial charge in [-0.2, -0.15) is 0 Å². The zero-order valence-corrected chi connectivity index (χ0v) is 13.8. The van der Waals surface area contributed by atoms with Gasteiger partial charge >= 0.3 is 0 Å². The lowest BCUT2D eigenvalue weighted by molar-refractivity contribution is -0.118. The van der Waals surface area contributed by atoms with Gasteiger partial charge in [0.25, 0.3) is 5.56 Å². The summed E-state index contributed by atoms with van der Waals surface area (Å²) in [6.45, 7) is 0.733. The van der Waals surface area contributed by atoms with Crippen LogP contribution in [0.15, 0.2) is 27.7 Å². The van der Waals surface area contributed by atoms with Crippen LogP contribution in [0.1, 0.15) is 0 Å². The molecule has 0 aromatic carbocycles. The second-order valence-corrected chi connectivity index (χ2v) is 6.46. The summed E-state index contributed by atoms with van der Waals surface area (Å²) in [5.74, 6) is 0.0712. The van der Waals surface area contributed by atoms with Crippen LogP contribution in [0, 0.1) is 0 Å². The van der Waals surface area contributed by atoms with E-state index in [2.05, 4.69) is 25.8 Å². The summed E-state index contributed by atoms with van der Waals surface area (Å²) in [6.07, 6.45) is 1.50. The van der Waals surface area contributed by atoms with Gasteiger partial charge in [-0.15, -0.1) is 16.4 Å². The number of carbonyl (C=O) groups is 1. The van der Waals surface area contributed by atoms with Crippen LogP contribution < -0.4 is 10.9 Å². The Kier molecular flexibility index (Phi) is 4.67. The fourth-order valence-corrected chi connectivity index (χ4v) is 3.35. The standard InChI is InChI=1S/C12H13N7O2S2/c1-18-12(15-16-17-18)23-6-9(20)13-3-4-19-7-14-8-2-5-22-10(8)11(19)21/h2,5,7H,3-4,6H2,1H3,(H,13,20). The van der Waals surface area contributed by atoms with Gasteiger partial charge in [-0.25, -0.2) is 9.67 Å². The molecule has 1 N–H and O–H groups in total. The molecule has 1 amide bonds. The summed E-state index contributed by atoms with van der Waals surface area (Å²) in [5, 5.41) is 16.1. The third-order valence-corrected chi connectivity index (χ3v) is 4.93. The van der Waals surface area contributed by atoms with Crippen LogP contribution in [-0.2, 0) is 18.4 Å². The summed E-state index contributed by atoms with van der Waals surface area (Å²) in [6, 6.07) is 1.81. The molecule has 0 unspecified atom stereocenters. The molecule has 11 heteroatoms. The average molecular weight is 351 g/mol. The first-order valence-corrected chi connectivity index (χ1v) is 8.56. The number of tetrazole rings is 1. The molecular weight excluding hydrogens is 338 g/mol. The molecule has 0 atom stereocenters. The zero-order chi connectivity index (χ0) is 16.2. The minimum Gasteiger partial charge on any atom is -0.354 e. The van der Waals surface area contributed by atoms with Gasteiger partial charge in [0.2, 0.25) is 11.1 Å². The SMILES string of the molecule is Cn1nnnc1SCC(=O)NCCn1cnc2ccsc2c1=O. The topological polar surface area (TPSA) is 108 Å². The molecule has 3 heterocycles. The molecule has 0 saturated heterocycles. The molecule has 0 radical (unpaired) electrons. The monoisotopic (exact) mass is 351 g/mol. The van der Waals surface area contributed by atoms with Crippen molar-refractivity contribution in [3.05, 3.63) is 28.1 Å². The molecule has 0 fully saturated rings. The van der Waals surface area contributed by atoms with E-state index in [0.717, 1.165) is 0 Å². The average Bonchev–Trinajstić information content (AvgIpc) is 3.16. The Balaban J connectivity index is 1.50. The first kappa shape index (κ1) is 15.6. The van der Waals surface area contributed by atoms with Gasteiger partial charge in [0.1, 0.15) is 4.70 Å². The highest BCUT2D eigenvalue weighted by atomic mass is 32.2. The molecular formula is C12H13N7O2S2. The predicted octanol–water partition coefficient (Wildman–Crippen LogP) is -0.110. The van der Waals surface area contributed by atoms with E-state index in [1.165, 1.54) is 38.7 Å². The smallest absolute Gasteiger partial charge is 0.271 e. The van der Waals surface area contributed by atoms with E-state index in [9.17, 15) is 9.59 Å². The van der Waals surface area contributed by atoms with Gasteiger partial charge in [-0.05, 0) is 21.9 Å². The number of hydrogen-bond donors (Lipinski definition) is 1. The van der Waals surface area contributed by atoms with Crippen molar-refractivity contribution in [2.45, 2.75) is 11.7 Å². The summed E-state index contributed by atoms with van der Waals surface area (Å²) in [7, 11) is 1.71. The van der Waals surface area contributed by atoms with Crippen molar-refractivity contribution >= 4 is 39.2 Å². The van der Waals surface area contributed by atoms with Crippen LogP contribution in [0.25, 0.3) is 10.2 Å². The maximum Gasteiger partial charge on any atom is 0.271 e. The number of fused-ring (bicyclic) bond motifs is 1. The minimum atomic E-state index is -0.142. The van der Waals surface area contributed by atoms with Crippen molar-refractivity contribution in [1.29, 1.82) is 0 Å². The molecule has 0 spiro atoms. The number of rotatable bonds is 6. The van der Waals surface area contributed by atoms with E-state index in [4.69, 9.17) is 0 Å². The van der Waals surface area contributed by atoms with Crippen molar-refractivity contribution in [2.75, 3.05) is 12.3 Å². The van der Waals surface area contributed by atoms with Crippen molar-refractivity contribution in [3.8, 4) is 0 Å².